The first-order valence-corrected chi connectivity index (χ1v) is 6.04. The zero-order chi connectivity index (χ0) is 13.7. The third kappa shape index (κ3) is 3.86. The van der Waals surface area contributed by atoms with Crippen molar-refractivity contribution in [3.8, 4) is 0 Å². The molecule has 1 heterocycles. The van der Waals surface area contributed by atoms with Crippen LogP contribution in [0.1, 0.15) is 28.9 Å². The SMILES string of the molecule is CC(=O)SCC(O)C(O)c1cnc(F)c(C=O)c1. The Balaban J connectivity index is 2.79. The number of thioether (sulfide) groups is 1. The predicted octanol–water partition coefficient (Wildman–Crippen LogP) is 0.707. The Hall–Kier alpha value is -1.31. The molecule has 1 rings (SSSR count). The van der Waals surface area contributed by atoms with Gasteiger partial charge in [0.1, 0.15) is 6.10 Å². The second kappa shape index (κ2) is 6.58. The molecule has 0 saturated heterocycles. The van der Waals surface area contributed by atoms with Crippen LogP contribution >= 0.6 is 11.8 Å². The molecule has 0 fully saturated rings. The van der Waals surface area contributed by atoms with Crippen molar-refractivity contribution < 1.29 is 24.2 Å². The molecule has 2 unspecified atom stereocenters. The summed E-state index contributed by atoms with van der Waals surface area (Å²) in [7, 11) is 0. The Kier molecular flexibility index (Phi) is 5.39. The van der Waals surface area contributed by atoms with Crippen molar-refractivity contribution in [3.63, 3.8) is 0 Å². The first kappa shape index (κ1) is 14.7. The van der Waals surface area contributed by atoms with Crippen molar-refractivity contribution in [2.75, 3.05) is 5.75 Å². The van der Waals surface area contributed by atoms with E-state index in [1.807, 2.05) is 0 Å². The van der Waals surface area contributed by atoms with Crippen LogP contribution in [0.5, 0.6) is 0 Å². The van der Waals surface area contributed by atoms with Gasteiger partial charge >= 0.3 is 0 Å². The number of pyridine rings is 1. The van der Waals surface area contributed by atoms with Gasteiger partial charge in [-0.3, -0.25) is 9.59 Å². The van der Waals surface area contributed by atoms with Crippen LogP contribution < -0.4 is 0 Å². The maximum Gasteiger partial charge on any atom is 0.223 e. The maximum atomic E-state index is 13.0. The lowest BCUT2D eigenvalue weighted by atomic mass is 10.1. The van der Waals surface area contributed by atoms with Gasteiger partial charge in [0.25, 0.3) is 0 Å². The number of nitrogens with zero attached hydrogens (tertiary/aromatic N) is 1. The fraction of sp³-hybridized carbons (Fsp3) is 0.364. The van der Waals surface area contributed by atoms with Crippen molar-refractivity contribution in [1.82, 2.24) is 4.98 Å². The van der Waals surface area contributed by atoms with E-state index in [9.17, 15) is 24.2 Å². The molecule has 0 amide bonds. The van der Waals surface area contributed by atoms with Gasteiger partial charge in [0, 0.05) is 24.4 Å². The molecule has 18 heavy (non-hydrogen) atoms. The molecule has 0 aromatic carbocycles. The monoisotopic (exact) mass is 273 g/mol. The average molecular weight is 273 g/mol. The second-order valence-electron chi connectivity index (χ2n) is 3.58. The third-order valence-electron chi connectivity index (χ3n) is 2.18. The number of aliphatic hydroxyl groups is 2. The molecule has 0 aliphatic rings. The van der Waals surface area contributed by atoms with Gasteiger partial charge in [-0.2, -0.15) is 4.39 Å². The fourth-order valence-electron chi connectivity index (χ4n) is 1.24. The van der Waals surface area contributed by atoms with Crippen molar-refractivity contribution in [2.45, 2.75) is 19.1 Å². The highest BCUT2D eigenvalue weighted by Crippen LogP contribution is 2.20. The normalized spacial score (nSPS) is 14.0. The average Bonchev–Trinajstić information content (AvgIpc) is 2.35. The van der Waals surface area contributed by atoms with E-state index in [0.29, 0.717) is 0 Å². The van der Waals surface area contributed by atoms with Crippen LogP contribution in [0, 0.1) is 5.95 Å². The molecule has 0 aliphatic heterocycles. The Bertz CT molecular complexity index is 455. The van der Waals surface area contributed by atoms with Gasteiger partial charge in [0.05, 0.1) is 11.7 Å². The predicted molar refractivity (Wildman–Crippen MR) is 63.7 cm³/mol. The van der Waals surface area contributed by atoms with Gasteiger partial charge in [0.2, 0.25) is 5.95 Å². The molecular formula is C11H12FNO4S. The van der Waals surface area contributed by atoms with Gasteiger partial charge in [-0.25, -0.2) is 4.98 Å². The lowest BCUT2D eigenvalue weighted by molar-refractivity contribution is -0.109. The smallest absolute Gasteiger partial charge is 0.223 e. The van der Waals surface area contributed by atoms with Crippen LogP contribution in [0.15, 0.2) is 12.3 Å². The first-order chi connectivity index (χ1) is 8.45. The summed E-state index contributed by atoms with van der Waals surface area (Å²) in [5.41, 5.74) is -0.173. The molecule has 0 spiro atoms. The number of aldehydes is 1. The number of aromatic nitrogens is 1. The van der Waals surface area contributed by atoms with E-state index in [1.165, 1.54) is 6.92 Å². The summed E-state index contributed by atoms with van der Waals surface area (Å²) >= 11 is 0.863. The van der Waals surface area contributed by atoms with Crippen LogP contribution in [0.4, 0.5) is 4.39 Å². The number of rotatable bonds is 5. The van der Waals surface area contributed by atoms with Crippen LogP contribution in [0.25, 0.3) is 0 Å². The summed E-state index contributed by atoms with van der Waals surface area (Å²) in [5.74, 6) is -0.932. The van der Waals surface area contributed by atoms with Crippen LogP contribution in [-0.2, 0) is 4.79 Å². The summed E-state index contributed by atoms with van der Waals surface area (Å²) in [6.07, 6.45) is -1.22. The van der Waals surface area contributed by atoms with Gasteiger partial charge in [-0.15, -0.1) is 0 Å². The van der Waals surface area contributed by atoms with Crippen LogP contribution in [0.3, 0.4) is 0 Å². The molecule has 1 aromatic heterocycles. The Morgan fingerprint density at radius 2 is 2.28 bits per heavy atom. The Morgan fingerprint density at radius 3 is 2.83 bits per heavy atom. The van der Waals surface area contributed by atoms with E-state index in [2.05, 4.69) is 4.98 Å². The van der Waals surface area contributed by atoms with Crippen LogP contribution in [0.2, 0.25) is 0 Å². The molecule has 0 radical (unpaired) electrons. The maximum absolute atomic E-state index is 13.0. The number of hydrogen-bond donors (Lipinski definition) is 2. The highest BCUT2D eigenvalue weighted by Gasteiger charge is 2.20. The Labute approximate surface area is 107 Å². The van der Waals surface area contributed by atoms with Crippen molar-refractivity contribution in [2.24, 2.45) is 0 Å². The molecule has 7 heteroatoms. The summed E-state index contributed by atoms with van der Waals surface area (Å²) in [4.78, 5) is 24.5. The molecular weight excluding hydrogens is 261 g/mol. The molecule has 0 aliphatic carbocycles. The van der Waals surface area contributed by atoms with Crippen LogP contribution in [-0.4, -0.2) is 38.5 Å². The third-order valence-corrected chi connectivity index (χ3v) is 3.09. The molecule has 0 saturated carbocycles. The molecule has 1 aromatic rings. The van der Waals surface area contributed by atoms with Crippen molar-refractivity contribution >= 4 is 23.2 Å². The molecule has 2 N–H and O–H groups in total. The van der Waals surface area contributed by atoms with E-state index in [0.717, 1.165) is 24.0 Å². The number of hydrogen-bond acceptors (Lipinski definition) is 6. The lowest BCUT2D eigenvalue weighted by Gasteiger charge is -2.17. The van der Waals surface area contributed by atoms with Crippen molar-refractivity contribution in [3.05, 3.63) is 29.3 Å². The topological polar surface area (TPSA) is 87.5 Å². The minimum atomic E-state index is -1.33. The fourth-order valence-corrected chi connectivity index (χ4v) is 1.83. The quantitative estimate of drug-likeness (QED) is 0.607. The van der Waals surface area contributed by atoms with Gasteiger partial charge < -0.3 is 10.2 Å². The zero-order valence-electron chi connectivity index (χ0n) is 9.54. The summed E-state index contributed by atoms with van der Waals surface area (Å²) in [6.45, 7) is 1.34. The summed E-state index contributed by atoms with van der Waals surface area (Å²) in [5, 5.41) is 19.2. The van der Waals surface area contributed by atoms with Crippen molar-refractivity contribution in [1.29, 1.82) is 0 Å². The zero-order valence-corrected chi connectivity index (χ0v) is 10.4. The number of carbonyl (C=O) groups is 2. The standard InChI is InChI=1S/C11H12FNO4S/c1-6(15)18-5-9(16)10(17)7-2-8(4-14)11(12)13-3-7/h2-4,9-10,16-17H,5H2,1H3. The lowest BCUT2D eigenvalue weighted by Crippen LogP contribution is -2.22. The number of carbonyl (C=O) groups excluding carboxylic acids is 2. The van der Waals surface area contributed by atoms with E-state index < -0.39 is 18.2 Å². The number of halogens is 1. The van der Waals surface area contributed by atoms with E-state index in [4.69, 9.17) is 0 Å². The van der Waals surface area contributed by atoms with Gasteiger partial charge in [-0.05, 0) is 6.07 Å². The molecule has 5 nitrogen and oxygen atoms in total. The van der Waals surface area contributed by atoms with E-state index in [-0.39, 0.29) is 28.3 Å². The highest BCUT2D eigenvalue weighted by atomic mass is 32.2. The summed E-state index contributed by atoms with van der Waals surface area (Å²) in [6, 6.07) is 1.11. The highest BCUT2D eigenvalue weighted by molar-refractivity contribution is 8.13. The molecule has 2 atom stereocenters. The summed E-state index contributed by atoms with van der Waals surface area (Å²) < 4.78 is 13.0. The van der Waals surface area contributed by atoms with Gasteiger partial charge in [0.15, 0.2) is 11.4 Å². The van der Waals surface area contributed by atoms with E-state index >= 15 is 0 Å². The second-order valence-corrected chi connectivity index (χ2v) is 4.78. The van der Waals surface area contributed by atoms with E-state index in [1.54, 1.807) is 0 Å². The minimum Gasteiger partial charge on any atom is -0.389 e. The molecule has 98 valence electrons. The Morgan fingerprint density at radius 1 is 1.61 bits per heavy atom. The largest absolute Gasteiger partial charge is 0.389 e. The minimum absolute atomic E-state index is 0.00426. The van der Waals surface area contributed by atoms with Gasteiger partial charge in [-0.1, -0.05) is 11.8 Å². The number of aliphatic hydroxyl groups excluding tert-OH is 2. The molecule has 0 bridgehead atoms. The first-order valence-electron chi connectivity index (χ1n) is 5.05.